The standard InChI is InChI=1S/C13H22N4O3S/c1-4-17(5-2)7-6-14-13(20)15-8-10-16-9(3)11(21-10)12(18)19/h4-8H2,1-3H3,(H,18,19)(H2,14,15,20). The van der Waals surface area contributed by atoms with Gasteiger partial charge in [-0.1, -0.05) is 13.8 Å². The number of rotatable bonds is 8. The number of amides is 2. The minimum absolute atomic E-state index is 0.216. The van der Waals surface area contributed by atoms with Crippen molar-refractivity contribution < 1.29 is 14.7 Å². The number of hydrogen-bond acceptors (Lipinski definition) is 5. The fraction of sp³-hybridized carbons (Fsp3) is 0.615. The van der Waals surface area contributed by atoms with Crippen LogP contribution in [0, 0.1) is 6.92 Å². The molecule has 0 radical (unpaired) electrons. The minimum Gasteiger partial charge on any atom is -0.477 e. The van der Waals surface area contributed by atoms with Gasteiger partial charge in [-0.2, -0.15) is 0 Å². The molecular weight excluding hydrogens is 292 g/mol. The van der Waals surface area contributed by atoms with Crippen LogP contribution in [0.2, 0.25) is 0 Å². The average molecular weight is 314 g/mol. The molecule has 0 fully saturated rings. The molecule has 0 bridgehead atoms. The summed E-state index contributed by atoms with van der Waals surface area (Å²) in [4.78, 5) is 29.1. The number of aromatic carboxylic acids is 1. The predicted octanol–water partition coefficient (Wildman–Crippen LogP) is 1.29. The van der Waals surface area contributed by atoms with Gasteiger partial charge in [0.2, 0.25) is 0 Å². The van der Waals surface area contributed by atoms with E-state index in [2.05, 4.69) is 34.4 Å². The van der Waals surface area contributed by atoms with E-state index in [0.29, 0.717) is 17.2 Å². The summed E-state index contributed by atoms with van der Waals surface area (Å²) >= 11 is 1.08. The third-order valence-electron chi connectivity index (χ3n) is 3.04. The molecule has 3 N–H and O–H groups in total. The molecular formula is C13H22N4O3S. The monoisotopic (exact) mass is 314 g/mol. The summed E-state index contributed by atoms with van der Waals surface area (Å²) < 4.78 is 0. The molecule has 7 nitrogen and oxygen atoms in total. The SMILES string of the molecule is CCN(CC)CCNC(=O)NCc1nc(C)c(C(=O)O)s1. The molecule has 0 saturated carbocycles. The predicted molar refractivity (Wildman–Crippen MR) is 81.8 cm³/mol. The van der Waals surface area contributed by atoms with Crippen LogP contribution in [-0.4, -0.2) is 53.2 Å². The first kappa shape index (κ1) is 17.4. The van der Waals surface area contributed by atoms with E-state index in [1.54, 1.807) is 6.92 Å². The zero-order valence-electron chi connectivity index (χ0n) is 12.6. The van der Waals surface area contributed by atoms with Gasteiger partial charge in [-0.25, -0.2) is 14.6 Å². The highest BCUT2D eigenvalue weighted by atomic mass is 32.1. The average Bonchev–Trinajstić information content (AvgIpc) is 2.83. The van der Waals surface area contributed by atoms with Gasteiger partial charge in [-0.05, 0) is 20.0 Å². The van der Waals surface area contributed by atoms with Crippen LogP contribution >= 0.6 is 11.3 Å². The van der Waals surface area contributed by atoms with Crippen molar-refractivity contribution in [3.05, 3.63) is 15.6 Å². The number of aromatic nitrogens is 1. The number of nitrogens with zero attached hydrogens (tertiary/aromatic N) is 2. The van der Waals surface area contributed by atoms with E-state index in [4.69, 9.17) is 5.11 Å². The van der Waals surface area contributed by atoms with Crippen molar-refractivity contribution in [2.45, 2.75) is 27.3 Å². The van der Waals surface area contributed by atoms with Gasteiger partial charge in [0, 0.05) is 13.1 Å². The molecule has 0 spiro atoms. The summed E-state index contributed by atoms with van der Waals surface area (Å²) in [5.74, 6) is -0.986. The first-order valence-electron chi connectivity index (χ1n) is 6.91. The van der Waals surface area contributed by atoms with Gasteiger partial charge >= 0.3 is 12.0 Å². The van der Waals surface area contributed by atoms with Crippen LogP contribution in [0.4, 0.5) is 4.79 Å². The molecule has 118 valence electrons. The van der Waals surface area contributed by atoms with Crippen molar-refractivity contribution in [1.29, 1.82) is 0 Å². The molecule has 21 heavy (non-hydrogen) atoms. The number of aryl methyl sites for hydroxylation is 1. The molecule has 0 aliphatic heterocycles. The number of nitrogens with one attached hydrogen (secondary N) is 2. The third-order valence-corrected chi connectivity index (χ3v) is 4.19. The fourth-order valence-corrected chi connectivity index (χ4v) is 2.66. The Bertz CT molecular complexity index is 486. The summed E-state index contributed by atoms with van der Waals surface area (Å²) in [6.07, 6.45) is 0. The third kappa shape index (κ3) is 5.68. The molecule has 8 heteroatoms. The maximum Gasteiger partial charge on any atom is 0.347 e. The van der Waals surface area contributed by atoms with Gasteiger partial charge in [0.05, 0.1) is 12.2 Å². The Kier molecular flexibility index (Phi) is 7.10. The number of carboxylic acid groups (broad SMARTS) is 1. The summed E-state index contributed by atoms with van der Waals surface area (Å²) in [5.41, 5.74) is 0.478. The van der Waals surface area contributed by atoms with Crippen molar-refractivity contribution >= 4 is 23.3 Å². The number of carbonyl (C=O) groups is 2. The normalized spacial score (nSPS) is 10.7. The number of carboxylic acids is 1. The van der Waals surface area contributed by atoms with Gasteiger partial charge in [0.15, 0.2) is 0 Å². The Morgan fingerprint density at radius 1 is 1.29 bits per heavy atom. The summed E-state index contributed by atoms with van der Waals surface area (Å²) in [5, 5.41) is 15.0. The lowest BCUT2D eigenvalue weighted by Crippen LogP contribution is -2.40. The Morgan fingerprint density at radius 2 is 1.95 bits per heavy atom. The lowest BCUT2D eigenvalue weighted by atomic mass is 10.4. The number of likely N-dealkylation sites (N-methyl/N-ethyl adjacent to an activating group) is 1. The van der Waals surface area contributed by atoms with Crippen LogP contribution in [0.5, 0.6) is 0 Å². The summed E-state index contributed by atoms with van der Waals surface area (Å²) in [6, 6.07) is -0.271. The van der Waals surface area contributed by atoms with E-state index in [-0.39, 0.29) is 17.5 Å². The van der Waals surface area contributed by atoms with E-state index in [1.165, 1.54) is 0 Å². The smallest absolute Gasteiger partial charge is 0.347 e. The Hall–Kier alpha value is -1.67. The summed E-state index contributed by atoms with van der Waals surface area (Å²) in [7, 11) is 0. The largest absolute Gasteiger partial charge is 0.477 e. The van der Waals surface area contributed by atoms with E-state index in [9.17, 15) is 9.59 Å². The van der Waals surface area contributed by atoms with Crippen LogP contribution < -0.4 is 10.6 Å². The van der Waals surface area contributed by atoms with Crippen molar-refractivity contribution in [2.75, 3.05) is 26.2 Å². The van der Waals surface area contributed by atoms with Crippen LogP contribution in [-0.2, 0) is 6.54 Å². The van der Waals surface area contributed by atoms with Crippen molar-refractivity contribution in [3.8, 4) is 0 Å². The first-order valence-corrected chi connectivity index (χ1v) is 7.73. The summed E-state index contributed by atoms with van der Waals surface area (Å²) in [6.45, 7) is 9.32. The van der Waals surface area contributed by atoms with E-state index in [1.807, 2.05) is 0 Å². The van der Waals surface area contributed by atoms with E-state index in [0.717, 1.165) is 31.0 Å². The Balaban J connectivity index is 2.33. The maximum absolute atomic E-state index is 11.6. The van der Waals surface area contributed by atoms with Crippen molar-refractivity contribution in [3.63, 3.8) is 0 Å². The minimum atomic E-state index is -0.986. The number of carbonyl (C=O) groups excluding carboxylic acids is 1. The second-order valence-corrected chi connectivity index (χ2v) is 5.55. The van der Waals surface area contributed by atoms with E-state index < -0.39 is 5.97 Å². The molecule has 0 aromatic carbocycles. The lowest BCUT2D eigenvalue weighted by molar-refractivity contribution is 0.0701. The van der Waals surface area contributed by atoms with Gasteiger partial charge in [0.25, 0.3) is 0 Å². The molecule has 0 atom stereocenters. The quantitative estimate of drug-likeness (QED) is 0.672. The highest BCUT2D eigenvalue weighted by Gasteiger charge is 2.14. The van der Waals surface area contributed by atoms with Crippen LogP contribution in [0.15, 0.2) is 0 Å². The van der Waals surface area contributed by atoms with Crippen molar-refractivity contribution in [1.82, 2.24) is 20.5 Å². The first-order chi connectivity index (χ1) is 9.97. The molecule has 1 rings (SSSR count). The molecule has 1 aromatic heterocycles. The zero-order valence-corrected chi connectivity index (χ0v) is 13.4. The lowest BCUT2D eigenvalue weighted by Gasteiger charge is -2.17. The van der Waals surface area contributed by atoms with Gasteiger partial charge in [-0.3, -0.25) is 0 Å². The highest BCUT2D eigenvalue weighted by molar-refractivity contribution is 7.13. The van der Waals surface area contributed by atoms with Gasteiger partial charge < -0.3 is 20.6 Å². The topological polar surface area (TPSA) is 94.6 Å². The molecule has 1 aromatic rings. The second-order valence-electron chi connectivity index (χ2n) is 4.46. The molecule has 0 unspecified atom stereocenters. The van der Waals surface area contributed by atoms with Gasteiger partial charge in [-0.15, -0.1) is 11.3 Å². The maximum atomic E-state index is 11.6. The molecule has 0 aliphatic rings. The molecule has 0 saturated heterocycles. The number of thiazole rings is 1. The fourth-order valence-electron chi connectivity index (χ4n) is 1.81. The molecule has 2 amide bonds. The van der Waals surface area contributed by atoms with Crippen LogP contribution in [0.25, 0.3) is 0 Å². The Labute approximate surface area is 128 Å². The molecule has 0 aliphatic carbocycles. The second kappa shape index (κ2) is 8.58. The van der Waals surface area contributed by atoms with Crippen LogP contribution in [0.1, 0.15) is 34.2 Å². The van der Waals surface area contributed by atoms with Crippen LogP contribution in [0.3, 0.4) is 0 Å². The zero-order chi connectivity index (χ0) is 15.8. The number of hydrogen-bond donors (Lipinski definition) is 3. The number of urea groups is 1. The highest BCUT2D eigenvalue weighted by Crippen LogP contribution is 2.17. The molecule has 1 heterocycles. The van der Waals surface area contributed by atoms with Crippen molar-refractivity contribution in [2.24, 2.45) is 0 Å². The van der Waals surface area contributed by atoms with E-state index >= 15 is 0 Å². The Morgan fingerprint density at radius 3 is 2.48 bits per heavy atom. The van der Waals surface area contributed by atoms with Gasteiger partial charge in [0.1, 0.15) is 9.88 Å².